The minimum Gasteiger partial charge on any atom is -0.480 e. The molecule has 2 N–H and O–H groups in total. The van der Waals surface area contributed by atoms with Gasteiger partial charge in [-0.1, -0.05) is 29.8 Å². The predicted molar refractivity (Wildman–Crippen MR) is 96.0 cm³/mol. The zero-order valence-corrected chi connectivity index (χ0v) is 15.5. The highest BCUT2D eigenvalue weighted by Gasteiger charge is 2.38. The van der Waals surface area contributed by atoms with E-state index in [1.165, 1.54) is 0 Å². The van der Waals surface area contributed by atoms with Crippen LogP contribution in [0, 0.1) is 5.92 Å². The molecule has 0 aliphatic heterocycles. The van der Waals surface area contributed by atoms with Crippen molar-refractivity contribution in [2.24, 2.45) is 5.92 Å². The third-order valence-corrected chi connectivity index (χ3v) is 6.56. The van der Waals surface area contributed by atoms with Crippen molar-refractivity contribution in [1.82, 2.24) is 9.62 Å². The number of rotatable bonds is 9. The Morgan fingerprint density at radius 3 is 2.56 bits per heavy atom. The minimum atomic E-state index is -3.47. The number of carbonyl (C=O) groups is 1. The largest absolute Gasteiger partial charge is 0.480 e. The molecule has 1 aromatic rings. The van der Waals surface area contributed by atoms with Crippen molar-refractivity contribution in [3.05, 3.63) is 34.9 Å². The van der Waals surface area contributed by atoms with Crippen LogP contribution in [0.3, 0.4) is 0 Å². The summed E-state index contributed by atoms with van der Waals surface area (Å²) < 4.78 is 27.4. The number of hydrogen-bond donors (Lipinski definition) is 2. The quantitative estimate of drug-likeness (QED) is 0.678. The number of benzene rings is 1. The molecule has 0 spiro atoms. The molecular formula is C17H23ClN2O4S. The smallest absolute Gasteiger partial charge is 0.317 e. The van der Waals surface area contributed by atoms with E-state index in [1.54, 1.807) is 24.3 Å². The van der Waals surface area contributed by atoms with Gasteiger partial charge in [-0.15, -0.1) is 0 Å². The summed E-state index contributed by atoms with van der Waals surface area (Å²) in [5.74, 6) is -0.368. The molecule has 2 fully saturated rings. The summed E-state index contributed by atoms with van der Waals surface area (Å²) in [6.45, 7) is 0.830. The summed E-state index contributed by atoms with van der Waals surface area (Å²) in [4.78, 5) is 13.0. The number of sulfonamides is 1. The molecule has 25 heavy (non-hydrogen) atoms. The van der Waals surface area contributed by atoms with Crippen molar-refractivity contribution in [3.8, 4) is 0 Å². The molecule has 1 aromatic carbocycles. The monoisotopic (exact) mass is 386 g/mol. The van der Waals surface area contributed by atoms with Gasteiger partial charge in [-0.2, -0.15) is 0 Å². The maximum Gasteiger partial charge on any atom is 0.317 e. The molecule has 0 unspecified atom stereocenters. The molecule has 0 saturated heterocycles. The van der Waals surface area contributed by atoms with E-state index < -0.39 is 16.0 Å². The Bertz CT molecular complexity index is 730. The van der Waals surface area contributed by atoms with E-state index >= 15 is 0 Å². The Labute approximate surface area is 153 Å². The maximum atomic E-state index is 12.3. The number of carboxylic acid groups (broad SMARTS) is 1. The van der Waals surface area contributed by atoms with Crippen molar-refractivity contribution in [1.29, 1.82) is 0 Å². The number of halogens is 1. The summed E-state index contributed by atoms with van der Waals surface area (Å²) in [6, 6.07) is 6.91. The second-order valence-corrected chi connectivity index (χ2v) is 9.22. The van der Waals surface area contributed by atoms with E-state index in [-0.39, 0.29) is 24.4 Å². The van der Waals surface area contributed by atoms with Crippen molar-refractivity contribution in [2.45, 2.75) is 43.5 Å². The van der Waals surface area contributed by atoms with Gasteiger partial charge in [0.1, 0.15) is 0 Å². The highest BCUT2D eigenvalue weighted by Crippen LogP contribution is 2.34. The lowest BCUT2D eigenvalue weighted by molar-refractivity contribution is -0.139. The van der Waals surface area contributed by atoms with Gasteiger partial charge in [0, 0.05) is 23.7 Å². The van der Waals surface area contributed by atoms with Gasteiger partial charge in [-0.25, -0.2) is 13.1 Å². The average Bonchev–Trinajstić information content (AvgIpc) is 3.28. The summed E-state index contributed by atoms with van der Waals surface area (Å²) in [7, 11) is -3.47. The molecule has 0 aromatic heterocycles. The van der Waals surface area contributed by atoms with E-state index in [9.17, 15) is 13.2 Å². The van der Waals surface area contributed by atoms with Crippen LogP contribution in [0.5, 0.6) is 0 Å². The first kappa shape index (κ1) is 18.6. The van der Waals surface area contributed by atoms with Gasteiger partial charge in [0.2, 0.25) is 10.0 Å². The fourth-order valence-electron chi connectivity index (χ4n) is 3.25. The summed E-state index contributed by atoms with van der Waals surface area (Å²) >= 11 is 6.03. The van der Waals surface area contributed by atoms with E-state index in [2.05, 4.69) is 4.72 Å². The molecule has 2 saturated carbocycles. The summed E-state index contributed by atoms with van der Waals surface area (Å²) in [5, 5.41) is 9.50. The van der Waals surface area contributed by atoms with Gasteiger partial charge in [0.25, 0.3) is 0 Å². The number of nitrogens with zero attached hydrogens (tertiary/aromatic N) is 1. The zero-order valence-electron chi connectivity index (χ0n) is 13.9. The van der Waals surface area contributed by atoms with Crippen LogP contribution in [0.15, 0.2) is 24.3 Å². The lowest BCUT2D eigenvalue weighted by Gasteiger charge is -2.42. The van der Waals surface area contributed by atoms with Crippen molar-refractivity contribution < 1.29 is 18.3 Å². The molecule has 8 heteroatoms. The highest BCUT2D eigenvalue weighted by molar-refractivity contribution is 7.88. The van der Waals surface area contributed by atoms with Crippen LogP contribution in [0.25, 0.3) is 0 Å². The number of aliphatic carboxylic acids is 1. The lowest BCUT2D eigenvalue weighted by Crippen LogP contribution is -2.55. The maximum absolute atomic E-state index is 12.3. The standard InChI is InChI=1S/C17H23ClN2O4S/c18-16-4-2-1-3-13(16)11-25(23,24)19-14-7-15(8-14)20(10-17(21)22)9-12-5-6-12/h1-4,12,14-15,19H,5-11H2,(H,21,22). The van der Waals surface area contributed by atoms with Crippen LogP contribution in [-0.2, 0) is 20.6 Å². The predicted octanol–water partition coefficient (Wildman–Crippen LogP) is 2.09. The molecule has 0 bridgehead atoms. The van der Waals surface area contributed by atoms with Crippen LogP contribution in [-0.4, -0.2) is 49.6 Å². The first-order chi connectivity index (χ1) is 11.8. The Kier molecular flexibility index (Phi) is 5.68. The van der Waals surface area contributed by atoms with Crippen molar-refractivity contribution >= 4 is 27.6 Å². The molecular weight excluding hydrogens is 364 g/mol. The van der Waals surface area contributed by atoms with Crippen LogP contribution in [0.1, 0.15) is 31.2 Å². The Balaban J connectivity index is 1.51. The van der Waals surface area contributed by atoms with Crippen molar-refractivity contribution in [3.63, 3.8) is 0 Å². The number of nitrogens with one attached hydrogen (secondary N) is 1. The van der Waals surface area contributed by atoms with E-state index in [0.717, 1.165) is 19.4 Å². The molecule has 0 heterocycles. The van der Waals surface area contributed by atoms with Gasteiger partial charge < -0.3 is 5.11 Å². The van der Waals surface area contributed by atoms with Crippen LogP contribution in [0.2, 0.25) is 5.02 Å². The summed E-state index contributed by atoms with van der Waals surface area (Å²) in [6.07, 6.45) is 3.64. The van der Waals surface area contributed by atoms with E-state index in [1.807, 2.05) is 4.90 Å². The molecule has 6 nitrogen and oxygen atoms in total. The number of carboxylic acids is 1. The summed E-state index contributed by atoms with van der Waals surface area (Å²) in [5.41, 5.74) is 0.578. The van der Waals surface area contributed by atoms with E-state index in [0.29, 0.717) is 29.3 Å². The van der Waals surface area contributed by atoms with Crippen LogP contribution < -0.4 is 4.72 Å². The Morgan fingerprint density at radius 1 is 1.28 bits per heavy atom. The topological polar surface area (TPSA) is 86.7 Å². The van der Waals surface area contributed by atoms with Gasteiger partial charge >= 0.3 is 5.97 Å². The molecule has 3 rings (SSSR count). The Morgan fingerprint density at radius 2 is 1.96 bits per heavy atom. The first-order valence-electron chi connectivity index (χ1n) is 8.51. The first-order valence-corrected chi connectivity index (χ1v) is 10.5. The van der Waals surface area contributed by atoms with E-state index in [4.69, 9.17) is 16.7 Å². The number of hydrogen-bond acceptors (Lipinski definition) is 4. The normalized spacial score (nSPS) is 23.4. The Hall–Kier alpha value is -1.15. The van der Waals surface area contributed by atoms with Crippen LogP contribution in [0.4, 0.5) is 0 Å². The van der Waals surface area contributed by atoms with Gasteiger partial charge in [-0.3, -0.25) is 9.69 Å². The second-order valence-electron chi connectivity index (χ2n) is 7.06. The minimum absolute atomic E-state index is 0.0280. The molecule has 0 atom stereocenters. The second kappa shape index (κ2) is 7.61. The lowest BCUT2D eigenvalue weighted by atomic mass is 9.86. The molecule has 2 aliphatic rings. The fraction of sp³-hybridized carbons (Fsp3) is 0.588. The average molecular weight is 387 g/mol. The third-order valence-electron chi connectivity index (χ3n) is 4.81. The molecule has 2 aliphatic carbocycles. The molecule has 0 radical (unpaired) electrons. The van der Waals surface area contributed by atoms with Gasteiger partial charge in [0.15, 0.2) is 0 Å². The highest BCUT2D eigenvalue weighted by atomic mass is 35.5. The molecule has 0 amide bonds. The third kappa shape index (κ3) is 5.41. The van der Waals surface area contributed by atoms with Gasteiger partial charge in [0.05, 0.1) is 12.3 Å². The zero-order chi connectivity index (χ0) is 18.0. The SMILES string of the molecule is O=C(O)CN(CC1CC1)C1CC(NS(=O)(=O)Cc2ccccc2Cl)C1. The van der Waals surface area contributed by atoms with Crippen molar-refractivity contribution in [2.75, 3.05) is 13.1 Å². The van der Waals surface area contributed by atoms with Crippen LogP contribution >= 0.6 is 11.6 Å². The van der Waals surface area contributed by atoms with Gasteiger partial charge in [-0.05, 0) is 43.2 Å². The molecule has 138 valence electrons. The fourth-order valence-corrected chi connectivity index (χ4v) is 4.97.